The number of aromatic amines is 1. The van der Waals surface area contributed by atoms with E-state index in [4.69, 9.17) is 0 Å². The van der Waals surface area contributed by atoms with Crippen molar-refractivity contribution in [3.8, 4) is 0 Å². The monoisotopic (exact) mass is 296 g/mol. The quantitative estimate of drug-likeness (QED) is 0.850. The van der Waals surface area contributed by atoms with E-state index in [9.17, 15) is 9.59 Å². The molecule has 0 fully saturated rings. The van der Waals surface area contributed by atoms with Crippen LogP contribution in [0.2, 0.25) is 0 Å². The van der Waals surface area contributed by atoms with Crippen LogP contribution in [-0.2, 0) is 13.6 Å². The molecule has 20 heavy (non-hydrogen) atoms. The summed E-state index contributed by atoms with van der Waals surface area (Å²) in [5.41, 5.74) is 0.156. The van der Waals surface area contributed by atoms with E-state index in [1.165, 1.54) is 4.57 Å². The number of thioether (sulfide) groups is 1. The lowest BCUT2D eigenvalue weighted by atomic mass is 10.3. The lowest BCUT2D eigenvalue weighted by molar-refractivity contribution is 0.634. The highest BCUT2D eigenvalue weighted by Gasteiger charge is 2.17. The Bertz CT molecular complexity index is 726. The van der Waals surface area contributed by atoms with Crippen LogP contribution in [0, 0.1) is 5.92 Å². The number of imidazole rings is 1. The summed E-state index contributed by atoms with van der Waals surface area (Å²) in [5.74, 6) is 1.47. The summed E-state index contributed by atoms with van der Waals surface area (Å²) in [4.78, 5) is 30.5. The molecule has 0 aliphatic carbocycles. The second kappa shape index (κ2) is 5.87. The number of aryl methyl sites for hydroxylation is 2. The fraction of sp³-hybridized carbons (Fsp3) is 0.615. The Morgan fingerprint density at radius 1 is 1.35 bits per heavy atom. The van der Waals surface area contributed by atoms with Gasteiger partial charge in [0.1, 0.15) is 0 Å². The van der Waals surface area contributed by atoms with Crippen molar-refractivity contribution in [1.82, 2.24) is 19.1 Å². The Kier molecular flexibility index (Phi) is 4.37. The van der Waals surface area contributed by atoms with Crippen molar-refractivity contribution in [2.45, 2.75) is 38.9 Å². The molecule has 0 radical (unpaired) electrons. The molecule has 0 saturated heterocycles. The highest BCUT2D eigenvalue weighted by atomic mass is 32.2. The maximum Gasteiger partial charge on any atom is 0.329 e. The molecule has 0 unspecified atom stereocenters. The highest BCUT2D eigenvalue weighted by Crippen LogP contribution is 2.23. The zero-order valence-corrected chi connectivity index (χ0v) is 13.1. The Balaban J connectivity index is 2.66. The van der Waals surface area contributed by atoms with Gasteiger partial charge >= 0.3 is 5.69 Å². The van der Waals surface area contributed by atoms with E-state index < -0.39 is 5.69 Å². The Morgan fingerprint density at radius 2 is 2.05 bits per heavy atom. The predicted octanol–water partition coefficient (Wildman–Crippen LogP) is 1.58. The number of hydrogen-bond donors (Lipinski definition) is 1. The fourth-order valence-corrected chi connectivity index (χ4v) is 2.97. The molecule has 0 amide bonds. The van der Waals surface area contributed by atoms with Crippen molar-refractivity contribution in [2.75, 3.05) is 5.75 Å². The van der Waals surface area contributed by atoms with Gasteiger partial charge in [-0.15, -0.1) is 0 Å². The molecule has 2 heterocycles. The Hall–Kier alpha value is -1.50. The maximum absolute atomic E-state index is 12.1. The zero-order valence-electron chi connectivity index (χ0n) is 12.3. The second-order valence-electron chi connectivity index (χ2n) is 5.24. The van der Waals surface area contributed by atoms with Gasteiger partial charge in [-0.2, -0.15) is 0 Å². The number of H-pyrrole nitrogens is 1. The first kappa shape index (κ1) is 14.9. The second-order valence-corrected chi connectivity index (χ2v) is 6.23. The van der Waals surface area contributed by atoms with Crippen molar-refractivity contribution in [2.24, 2.45) is 13.0 Å². The standard InChI is InChI=1S/C13H20N4O2S/c1-5-6-17-9-10(14-13(17)20-7-8(2)3)16(4)12(19)15-11(9)18/h8H,5-7H2,1-4H3,(H,15,18,19). The molecule has 2 rings (SSSR count). The average molecular weight is 296 g/mol. The molecule has 0 atom stereocenters. The lowest BCUT2D eigenvalue weighted by Gasteiger charge is -2.07. The molecule has 0 aromatic carbocycles. The zero-order chi connectivity index (χ0) is 14.9. The molecule has 2 aromatic heterocycles. The van der Waals surface area contributed by atoms with Crippen LogP contribution >= 0.6 is 11.8 Å². The average Bonchev–Trinajstić information content (AvgIpc) is 2.74. The largest absolute Gasteiger partial charge is 0.329 e. The van der Waals surface area contributed by atoms with Gasteiger partial charge in [-0.3, -0.25) is 14.3 Å². The van der Waals surface area contributed by atoms with Crippen LogP contribution < -0.4 is 11.2 Å². The fourth-order valence-electron chi connectivity index (χ4n) is 2.00. The smallest absolute Gasteiger partial charge is 0.313 e. The summed E-state index contributed by atoms with van der Waals surface area (Å²) >= 11 is 1.63. The molecule has 0 bridgehead atoms. The first-order chi connectivity index (χ1) is 9.45. The van der Waals surface area contributed by atoms with Gasteiger partial charge < -0.3 is 4.57 Å². The SMILES string of the molecule is CCCn1c(SCC(C)C)nc2c1c(=O)[nH]c(=O)n2C. The molecular formula is C13H20N4O2S. The predicted molar refractivity (Wildman–Crippen MR) is 81.4 cm³/mol. The molecular weight excluding hydrogens is 276 g/mol. The van der Waals surface area contributed by atoms with E-state index in [2.05, 4.69) is 30.7 Å². The van der Waals surface area contributed by atoms with Crippen molar-refractivity contribution in [3.63, 3.8) is 0 Å². The van der Waals surface area contributed by atoms with Gasteiger partial charge in [0, 0.05) is 19.3 Å². The summed E-state index contributed by atoms with van der Waals surface area (Å²) in [5, 5.41) is 0.808. The molecule has 0 spiro atoms. The normalized spacial score (nSPS) is 11.7. The van der Waals surface area contributed by atoms with Crippen LogP contribution in [0.3, 0.4) is 0 Å². The third kappa shape index (κ3) is 2.67. The number of fused-ring (bicyclic) bond motifs is 1. The lowest BCUT2D eigenvalue weighted by Crippen LogP contribution is -2.29. The summed E-state index contributed by atoms with van der Waals surface area (Å²) in [6.45, 7) is 7.06. The molecule has 0 aliphatic heterocycles. The third-order valence-electron chi connectivity index (χ3n) is 2.97. The van der Waals surface area contributed by atoms with Gasteiger partial charge in [0.15, 0.2) is 16.3 Å². The summed E-state index contributed by atoms with van der Waals surface area (Å²) in [7, 11) is 1.63. The van der Waals surface area contributed by atoms with E-state index in [1.807, 2.05) is 4.57 Å². The van der Waals surface area contributed by atoms with Gasteiger partial charge in [0.25, 0.3) is 5.56 Å². The molecule has 7 heteroatoms. The van der Waals surface area contributed by atoms with Gasteiger partial charge in [-0.05, 0) is 12.3 Å². The number of rotatable bonds is 5. The molecule has 6 nitrogen and oxygen atoms in total. The van der Waals surface area contributed by atoms with Crippen LogP contribution in [0.5, 0.6) is 0 Å². The van der Waals surface area contributed by atoms with Gasteiger partial charge in [-0.1, -0.05) is 32.5 Å². The number of aromatic nitrogens is 4. The Morgan fingerprint density at radius 3 is 2.65 bits per heavy atom. The first-order valence-corrected chi connectivity index (χ1v) is 7.76. The van der Waals surface area contributed by atoms with E-state index in [0.29, 0.717) is 17.1 Å². The summed E-state index contributed by atoms with van der Waals surface area (Å²) in [6.07, 6.45) is 0.906. The minimum Gasteiger partial charge on any atom is -0.313 e. The Labute approximate surface area is 121 Å². The van der Waals surface area contributed by atoms with Crippen LogP contribution in [0.25, 0.3) is 11.2 Å². The van der Waals surface area contributed by atoms with Crippen molar-refractivity contribution in [1.29, 1.82) is 0 Å². The molecule has 0 aliphatic rings. The van der Waals surface area contributed by atoms with Crippen LogP contribution in [0.4, 0.5) is 0 Å². The topological polar surface area (TPSA) is 72.7 Å². The van der Waals surface area contributed by atoms with Crippen LogP contribution in [-0.4, -0.2) is 24.9 Å². The summed E-state index contributed by atoms with van der Waals surface area (Å²) in [6, 6.07) is 0. The minimum absolute atomic E-state index is 0.361. The number of nitrogens with one attached hydrogen (secondary N) is 1. The van der Waals surface area contributed by atoms with Crippen molar-refractivity contribution in [3.05, 3.63) is 20.8 Å². The van der Waals surface area contributed by atoms with Gasteiger partial charge in [0.05, 0.1) is 0 Å². The molecule has 0 saturated carbocycles. The van der Waals surface area contributed by atoms with E-state index in [-0.39, 0.29) is 5.56 Å². The third-order valence-corrected chi connectivity index (χ3v) is 4.37. The van der Waals surface area contributed by atoms with Gasteiger partial charge in [-0.25, -0.2) is 9.78 Å². The number of nitrogens with zero attached hydrogens (tertiary/aromatic N) is 3. The molecule has 110 valence electrons. The van der Waals surface area contributed by atoms with Crippen LogP contribution in [0.15, 0.2) is 14.7 Å². The highest BCUT2D eigenvalue weighted by molar-refractivity contribution is 7.99. The van der Waals surface area contributed by atoms with Crippen LogP contribution in [0.1, 0.15) is 27.2 Å². The minimum atomic E-state index is -0.427. The van der Waals surface area contributed by atoms with E-state index in [0.717, 1.165) is 23.9 Å². The maximum atomic E-state index is 12.1. The van der Waals surface area contributed by atoms with E-state index in [1.54, 1.807) is 18.8 Å². The van der Waals surface area contributed by atoms with Crippen molar-refractivity contribution < 1.29 is 0 Å². The molecule has 2 aromatic rings. The number of hydrogen-bond acceptors (Lipinski definition) is 4. The molecule has 1 N–H and O–H groups in total. The van der Waals surface area contributed by atoms with E-state index >= 15 is 0 Å². The van der Waals surface area contributed by atoms with Gasteiger partial charge in [0.2, 0.25) is 0 Å². The first-order valence-electron chi connectivity index (χ1n) is 6.78. The summed E-state index contributed by atoms with van der Waals surface area (Å²) < 4.78 is 3.31. The van der Waals surface area contributed by atoms with Crippen molar-refractivity contribution >= 4 is 22.9 Å².